The summed E-state index contributed by atoms with van der Waals surface area (Å²) in [5, 5.41) is 8.79. The predicted molar refractivity (Wildman–Crippen MR) is 48.6 cm³/mol. The van der Waals surface area contributed by atoms with Gasteiger partial charge in [0.15, 0.2) is 0 Å². The molecule has 0 aliphatic carbocycles. The molecule has 0 bridgehead atoms. The Labute approximate surface area is 74.0 Å². The van der Waals surface area contributed by atoms with Gasteiger partial charge in [0.2, 0.25) is 0 Å². The summed E-state index contributed by atoms with van der Waals surface area (Å²) in [5.41, 5.74) is 0. The van der Waals surface area contributed by atoms with E-state index >= 15 is 0 Å². The molecule has 2 heteroatoms. The summed E-state index contributed by atoms with van der Waals surface area (Å²) >= 11 is 0. The van der Waals surface area contributed by atoms with Crippen LogP contribution in [0.3, 0.4) is 0 Å². The highest BCUT2D eigenvalue weighted by atomic mass is 16.4. The molecule has 0 heterocycles. The summed E-state index contributed by atoms with van der Waals surface area (Å²) in [5.74, 6) is 4.88. The van der Waals surface area contributed by atoms with Crippen LogP contribution in [0, 0.1) is 23.7 Å². The van der Waals surface area contributed by atoms with E-state index in [2.05, 4.69) is 11.8 Å². The fourth-order valence-electron chi connectivity index (χ4n) is 1.09. The molecule has 0 rings (SSSR count). The second-order valence-electron chi connectivity index (χ2n) is 3.15. The molecule has 0 spiro atoms. The Hall–Kier alpha value is -0.970. The first kappa shape index (κ1) is 11.0. The molecule has 0 saturated heterocycles. The molecule has 0 radical (unpaired) electrons. The summed E-state index contributed by atoms with van der Waals surface area (Å²) in [7, 11) is 0. The molecule has 0 aliphatic heterocycles. The molecule has 0 fully saturated rings. The van der Waals surface area contributed by atoms with Gasteiger partial charge >= 0.3 is 5.97 Å². The first-order valence-corrected chi connectivity index (χ1v) is 4.22. The number of rotatable bonds is 4. The lowest BCUT2D eigenvalue weighted by molar-refractivity contribution is -0.143. The lowest BCUT2D eigenvalue weighted by Crippen LogP contribution is -2.19. The highest BCUT2D eigenvalue weighted by Crippen LogP contribution is 2.16. The van der Waals surface area contributed by atoms with Crippen molar-refractivity contribution in [1.29, 1.82) is 0 Å². The number of aliphatic carboxylic acids is 1. The maximum absolute atomic E-state index is 10.7. The van der Waals surface area contributed by atoms with Crippen LogP contribution in [0.2, 0.25) is 0 Å². The Morgan fingerprint density at radius 2 is 2.08 bits per heavy atom. The molecule has 0 saturated carbocycles. The molecule has 0 aromatic carbocycles. The van der Waals surface area contributed by atoms with Crippen LogP contribution in [0.1, 0.15) is 33.6 Å². The molecule has 0 aromatic heterocycles. The molecule has 1 atom stereocenters. The van der Waals surface area contributed by atoms with Crippen molar-refractivity contribution >= 4 is 5.97 Å². The molecule has 2 nitrogen and oxygen atoms in total. The van der Waals surface area contributed by atoms with Gasteiger partial charge in [-0.2, -0.15) is 0 Å². The Balaban J connectivity index is 3.94. The number of hydrogen-bond acceptors (Lipinski definition) is 1. The Morgan fingerprint density at radius 1 is 1.50 bits per heavy atom. The zero-order valence-electron chi connectivity index (χ0n) is 7.92. The third-order valence-corrected chi connectivity index (χ3v) is 1.88. The van der Waals surface area contributed by atoms with E-state index in [1.807, 2.05) is 13.8 Å². The van der Waals surface area contributed by atoms with Gasteiger partial charge in [-0.1, -0.05) is 13.8 Å². The zero-order valence-corrected chi connectivity index (χ0v) is 7.92. The van der Waals surface area contributed by atoms with Gasteiger partial charge < -0.3 is 5.11 Å². The third-order valence-electron chi connectivity index (χ3n) is 1.88. The van der Waals surface area contributed by atoms with Crippen LogP contribution >= 0.6 is 0 Å². The summed E-state index contributed by atoms with van der Waals surface area (Å²) in [6.45, 7) is 5.63. The minimum atomic E-state index is -0.706. The summed E-state index contributed by atoms with van der Waals surface area (Å²) in [4.78, 5) is 10.7. The molecule has 0 aliphatic rings. The van der Waals surface area contributed by atoms with Gasteiger partial charge in [-0.15, -0.1) is 11.8 Å². The van der Waals surface area contributed by atoms with Crippen molar-refractivity contribution in [3.8, 4) is 11.8 Å². The largest absolute Gasteiger partial charge is 0.481 e. The van der Waals surface area contributed by atoms with Crippen LogP contribution in [-0.4, -0.2) is 11.1 Å². The standard InChI is InChI=1S/C10H16O2/c1-4-5-6-7-9(8(2)3)10(11)12/h8-9H,6-7H2,1-3H3,(H,11,12). The van der Waals surface area contributed by atoms with Gasteiger partial charge in [-0.25, -0.2) is 0 Å². The SMILES string of the molecule is CC#CCCC(C(=O)O)C(C)C. The van der Waals surface area contributed by atoms with Gasteiger partial charge in [0.05, 0.1) is 5.92 Å². The Morgan fingerprint density at radius 3 is 2.42 bits per heavy atom. The average molecular weight is 168 g/mol. The van der Waals surface area contributed by atoms with Crippen molar-refractivity contribution in [3.63, 3.8) is 0 Å². The number of carbonyl (C=O) groups is 1. The van der Waals surface area contributed by atoms with Crippen LogP contribution in [0.5, 0.6) is 0 Å². The second kappa shape index (κ2) is 5.65. The van der Waals surface area contributed by atoms with Crippen LogP contribution in [-0.2, 0) is 4.79 Å². The van der Waals surface area contributed by atoms with Crippen LogP contribution in [0.25, 0.3) is 0 Å². The summed E-state index contributed by atoms with van der Waals surface area (Å²) in [6.07, 6.45) is 1.35. The molecule has 1 unspecified atom stereocenters. The Kier molecular flexibility index (Phi) is 5.19. The van der Waals surface area contributed by atoms with Crippen LogP contribution < -0.4 is 0 Å². The van der Waals surface area contributed by atoms with E-state index in [0.717, 1.165) is 0 Å². The van der Waals surface area contributed by atoms with Crippen molar-refractivity contribution < 1.29 is 9.90 Å². The molecular weight excluding hydrogens is 152 g/mol. The van der Waals surface area contributed by atoms with Crippen LogP contribution in [0.15, 0.2) is 0 Å². The summed E-state index contributed by atoms with van der Waals surface area (Å²) < 4.78 is 0. The highest BCUT2D eigenvalue weighted by molar-refractivity contribution is 5.70. The first-order chi connectivity index (χ1) is 5.59. The smallest absolute Gasteiger partial charge is 0.306 e. The van der Waals surface area contributed by atoms with Gasteiger partial charge in [0.25, 0.3) is 0 Å². The average Bonchev–Trinajstić information content (AvgIpc) is 1.96. The summed E-state index contributed by atoms with van der Waals surface area (Å²) in [6, 6.07) is 0. The molecule has 0 aromatic rings. The maximum Gasteiger partial charge on any atom is 0.306 e. The van der Waals surface area contributed by atoms with E-state index in [4.69, 9.17) is 5.11 Å². The van der Waals surface area contributed by atoms with E-state index < -0.39 is 5.97 Å². The van der Waals surface area contributed by atoms with Crippen molar-refractivity contribution in [2.45, 2.75) is 33.6 Å². The van der Waals surface area contributed by atoms with E-state index in [0.29, 0.717) is 12.8 Å². The molecule has 1 N–H and O–H groups in total. The van der Waals surface area contributed by atoms with Crippen molar-refractivity contribution in [1.82, 2.24) is 0 Å². The number of carboxylic acids is 1. The normalized spacial score (nSPS) is 12.0. The van der Waals surface area contributed by atoms with Crippen LogP contribution in [0.4, 0.5) is 0 Å². The van der Waals surface area contributed by atoms with E-state index in [1.165, 1.54) is 0 Å². The second-order valence-corrected chi connectivity index (χ2v) is 3.15. The van der Waals surface area contributed by atoms with E-state index in [1.54, 1.807) is 6.92 Å². The molecule has 12 heavy (non-hydrogen) atoms. The zero-order chi connectivity index (χ0) is 9.56. The fraction of sp³-hybridized carbons (Fsp3) is 0.700. The van der Waals surface area contributed by atoms with Gasteiger partial charge in [0, 0.05) is 6.42 Å². The van der Waals surface area contributed by atoms with E-state index in [-0.39, 0.29) is 11.8 Å². The first-order valence-electron chi connectivity index (χ1n) is 4.22. The molecule has 68 valence electrons. The van der Waals surface area contributed by atoms with Crippen molar-refractivity contribution in [2.24, 2.45) is 11.8 Å². The highest BCUT2D eigenvalue weighted by Gasteiger charge is 2.19. The van der Waals surface area contributed by atoms with Gasteiger partial charge in [0.1, 0.15) is 0 Å². The fourth-order valence-corrected chi connectivity index (χ4v) is 1.09. The van der Waals surface area contributed by atoms with E-state index in [9.17, 15) is 4.79 Å². The molecule has 0 amide bonds. The Bertz CT molecular complexity index is 196. The monoisotopic (exact) mass is 168 g/mol. The third kappa shape index (κ3) is 4.02. The minimum absolute atomic E-state index is 0.196. The maximum atomic E-state index is 10.7. The van der Waals surface area contributed by atoms with Crippen molar-refractivity contribution in [3.05, 3.63) is 0 Å². The number of carboxylic acid groups (broad SMARTS) is 1. The number of hydrogen-bond donors (Lipinski definition) is 1. The minimum Gasteiger partial charge on any atom is -0.481 e. The van der Waals surface area contributed by atoms with Gasteiger partial charge in [-0.3, -0.25) is 4.79 Å². The van der Waals surface area contributed by atoms with Gasteiger partial charge in [-0.05, 0) is 19.3 Å². The lowest BCUT2D eigenvalue weighted by Gasteiger charge is -2.13. The lowest BCUT2D eigenvalue weighted by atomic mass is 9.91. The quantitative estimate of drug-likeness (QED) is 0.653. The predicted octanol–water partition coefficient (Wildman–Crippen LogP) is 2.15. The topological polar surface area (TPSA) is 37.3 Å². The molecular formula is C10H16O2. The van der Waals surface area contributed by atoms with Crippen molar-refractivity contribution in [2.75, 3.05) is 0 Å².